The average molecular weight is 283 g/mol. The fraction of sp³-hybridized carbons (Fsp3) is 0.176. The highest BCUT2D eigenvalue weighted by atomic mass is 32.1. The van der Waals surface area contributed by atoms with Crippen molar-refractivity contribution in [2.75, 3.05) is 0 Å². The predicted molar refractivity (Wildman–Crippen MR) is 85.2 cm³/mol. The molecule has 0 unspecified atom stereocenters. The minimum atomic E-state index is 0.501. The number of thiophene rings is 1. The molecule has 1 heterocycles. The van der Waals surface area contributed by atoms with Crippen LogP contribution in [0.5, 0.6) is 5.75 Å². The summed E-state index contributed by atoms with van der Waals surface area (Å²) in [6.45, 7) is 3.14. The van der Waals surface area contributed by atoms with Gasteiger partial charge in [0.2, 0.25) is 0 Å². The first kappa shape index (κ1) is 13.2. The zero-order valence-electron chi connectivity index (χ0n) is 11.4. The van der Waals surface area contributed by atoms with Gasteiger partial charge in [0, 0.05) is 22.4 Å². The lowest BCUT2D eigenvalue weighted by molar-refractivity contribution is 0.302. The molecule has 0 bridgehead atoms. The Kier molecular flexibility index (Phi) is 3.72. The maximum atomic E-state index is 6.04. The molecule has 3 heteroatoms. The van der Waals surface area contributed by atoms with Gasteiger partial charge in [-0.3, -0.25) is 0 Å². The molecule has 0 fully saturated rings. The van der Waals surface area contributed by atoms with Crippen molar-refractivity contribution in [2.24, 2.45) is 5.73 Å². The number of hydrogen-bond donors (Lipinski definition) is 1. The van der Waals surface area contributed by atoms with Gasteiger partial charge in [0.25, 0.3) is 0 Å². The van der Waals surface area contributed by atoms with Crippen molar-refractivity contribution in [3.05, 3.63) is 64.5 Å². The van der Waals surface area contributed by atoms with E-state index < -0.39 is 0 Å². The highest BCUT2D eigenvalue weighted by molar-refractivity contribution is 7.17. The lowest BCUT2D eigenvalue weighted by Gasteiger charge is -2.12. The smallest absolute Gasteiger partial charge is 0.127 e. The number of benzene rings is 2. The molecule has 0 radical (unpaired) electrons. The van der Waals surface area contributed by atoms with Crippen LogP contribution in [0.3, 0.4) is 0 Å². The minimum Gasteiger partial charge on any atom is -0.488 e. The number of aryl methyl sites for hydroxylation is 1. The zero-order chi connectivity index (χ0) is 13.9. The molecule has 0 aliphatic carbocycles. The fourth-order valence-corrected chi connectivity index (χ4v) is 3.32. The van der Waals surface area contributed by atoms with Crippen molar-refractivity contribution >= 4 is 21.4 Å². The van der Waals surface area contributed by atoms with Crippen LogP contribution in [-0.4, -0.2) is 0 Å². The zero-order valence-corrected chi connectivity index (χ0v) is 12.2. The van der Waals surface area contributed by atoms with Crippen LogP contribution in [0, 0.1) is 6.92 Å². The highest BCUT2D eigenvalue weighted by Gasteiger charge is 2.08. The van der Waals surface area contributed by atoms with Gasteiger partial charge in [0.05, 0.1) is 0 Å². The summed E-state index contributed by atoms with van der Waals surface area (Å²) in [7, 11) is 0. The summed E-state index contributed by atoms with van der Waals surface area (Å²) in [6.07, 6.45) is 0. The van der Waals surface area contributed by atoms with Crippen LogP contribution in [0.2, 0.25) is 0 Å². The molecule has 1 aromatic heterocycles. The van der Waals surface area contributed by atoms with E-state index in [4.69, 9.17) is 10.5 Å². The summed E-state index contributed by atoms with van der Waals surface area (Å²) in [5.74, 6) is 0.922. The van der Waals surface area contributed by atoms with Gasteiger partial charge in [-0.05, 0) is 29.3 Å². The SMILES string of the molecule is Cc1cccc(CN)c1OCc1csc2ccccc12. The van der Waals surface area contributed by atoms with E-state index in [-0.39, 0.29) is 0 Å². The summed E-state index contributed by atoms with van der Waals surface area (Å²) in [5.41, 5.74) is 9.21. The Morgan fingerprint density at radius 1 is 1.05 bits per heavy atom. The maximum absolute atomic E-state index is 6.04. The summed E-state index contributed by atoms with van der Waals surface area (Å²) >= 11 is 1.76. The second kappa shape index (κ2) is 5.65. The van der Waals surface area contributed by atoms with Crippen LogP contribution in [0.4, 0.5) is 0 Å². The summed E-state index contributed by atoms with van der Waals surface area (Å²) in [5, 5.41) is 3.45. The van der Waals surface area contributed by atoms with Gasteiger partial charge in [-0.25, -0.2) is 0 Å². The Bertz CT molecular complexity index is 733. The quantitative estimate of drug-likeness (QED) is 0.777. The second-order valence-electron chi connectivity index (χ2n) is 4.81. The Hall–Kier alpha value is -1.84. The Morgan fingerprint density at radius 2 is 1.90 bits per heavy atom. The van der Waals surface area contributed by atoms with E-state index in [1.165, 1.54) is 15.6 Å². The molecular weight excluding hydrogens is 266 g/mol. The van der Waals surface area contributed by atoms with E-state index in [0.717, 1.165) is 16.9 Å². The molecule has 102 valence electrons. The number of rotatable bonds is 4. The van der Waals surface area contributed by atoms with Crippen molar-refractivity contribution in [3.63, 3.8) is 0 Å². The van der Waals surface area contributed by atoms with E-state index in [2.05, 4.69) is 42.6 Å². The van der Waals surface area contributed by atoms with Crippen LogP contribution in [0.15, 0.2) is 47.8 Å². The van der Waals surface area contributed by atoms with Gasteiger partial charge in [0.1, 0.15) is 12.4 Å². The second-order valence-corrected chi connectivity index (χ2v) is 5.72. The molecule has 3 rings (SSSR count). The molecule has 0 spiro atoms. The summed E-state index contributed by atoms with van der Waals surface area (Å²) in [4.78, 5) is 0. The van der Waals surface area contributed by atoms with Crippen LogP contribution >= 0.6 is 11.3 Å². The Balaban J connectivity index is 1.87. The molecule has 2 nitrogen and oxygen atoms in total. The summed E-state index contributed by atoms with van der Waals surface area (Å²) < 4.78 is 7.34. The number of ether oxygens (including phenoxy) is 1. The number of nitrogens with two attached hydrogens (primary N) is 1. The molecule has 3 aromatic rings. The molecular formula is C17H17NOS. The van der Waals surface area contributed by atoms with Crippen molar-refractivity contribution in [1.29, 1.82) is 0 Å². The monoisotopic (exact) mass is 283 g/mol. The molecule has 0 amide bonds. The van der Waals surface area contributed by atoms with Gasteiger partial charge in [-0.2, -0.15) is 0 Å². The molecule has 0 aliphatic heterocycles. The van der Waals surface area contributed by atoms with Crippen molar-refractivity contribution in [3.8, 4) is 5.75 Å². The number of fused-ring (bicyclic) bond motifs is 1. The van der Waals surface area contributed by atoms with Gasteiger partial charge >= 0.3 is 0 Å². The van der Waals surface area contributed by atoms with Gasteiger partial charge in [-0.15, -0.1) is 11.3 Å². The normalized spacial score (nSPS) is 10.9. The highest BCUT2D eigenvalue weighted by Crippen LogP contribution is 2.29. The standard InChI is InChI=1S/C17H17NOS/c1-12-5-4-6-13(9-18)17(12)19-10-14-11-20-16-8-3-2-7-15(14)16/h2-8,11H,9-10,18H2,1H3. The Morgan fingerprint density at radius 3 is 2.75 bits per heavy atom. The molecule has 2 aromatic carbocycles. The largest absolute Gasteiger partial charge is 0.488 e. The fourth-order valence-electron chi connectivity index (χ4n) is 2.37. The topological polar surface area (TPSA) is 35.2 Å². The van der Waals surface area contributed by atoms with Gasteiger partial charge in [0.15, 0.2) is 0 Å². The van der Waals surface area contributed by atoms with Gasteiger partial charge in [-0.1, -0.05) is 36.4 Å². The van der Waals surface area contributed by atoms with Crippen LogP contribution in [0.1, 0.15) is 16.7 Å². The van der Waals surface area contributed by atoms with E-state index in [9.17, 15) is 0 Å². The third kappa shape index (κ3) is 2.42. The minimum absolute atomic E-state index is 0.501. The molecule has 2 N–H and O–H groups in total. The van der Waals surface area contributed by atoms with Crippen molar-refractivity contribution < 1.29 is 4.74 Å². The Labute approximate surface area is 122 Å². The predicted octanol–water partition coefficient (Wildman–Crippen LogP) is 4.25. The molecule has 0 atom stereocenters. The molecule has 20 heavy (non-hydrogen) atoms. The third-order valence-electron chi connectivity index (χ3n) is 3.45. The lowest BCUT2D eigenvalue weighted by atomic mass is 10.1. The first-order chi connectivity index (χ1) is 9.79. The van der Waals surface area contributed by atoms with E-state index in [1.807, 2.05) is 12.1 Å². The molecule has 0 aliphatic rings. The summed E-state index contributed by atoms with van der Waals surface area (Å²) in [6, 6.07) is 14.5. The van der Waals surface area contributed by atoms with E-state index in [1.54, 1.807) is 11.3 Å². The van der Waals surface area contributed by atoms with Crippen LogP contribution in [0.25, 0.3) is 10.1 Å². The number of para-hydroxylation sites is 1. The van der Waals surface area contributed by atoms with Crippen LogP contribution < -0.4 is 10.5 Å². The first-order valence-corrected chi connectivity index (χ1v) is 7.54. The van der Waals surface area contributed by atoms with Gasteiger partial charge < -0.3 is 10.5 Å². The number of hydrogen-bond acceptors (Lipinski definition) is 3. The lowest BCUT2D eigenvalue weighted by Crippen LogP contribution is -2.04. The third-order valence-corrected chi connectivity index (χ3v) is 4.46. The molecule has 0 saturated heterocycles. The molecule has 0 saturated carbocycles. The van der Waals surface area contributed by atoms with Crippen LogP contribution in [-0.2, 0) is 13.2 Å². The maximum Gasteiger partial charge on any atom is 0.127 e. The van der Waals surface area contributed by atoms with Crippen molar-refractivity contribution in [2.45, 2.75) is 20.1 Å². The average Bonchev–Trinajstić information content (AvgIpc) is 2.89. The van der Waals surface area contributed by atoms with Crippen molar-refractivity contribution in [1.82, 2.24) is 0 Å². The van der Waals surface area contributed by atoms with E-state index >= 15 is 0 Å². The van der Waals surface area contributed by atoms with E-state index in [0.29, 0.717) is 13.2 Å². The first-order valence-electron chi connectivity index (χ1n) is 6.66.